The Morgan fingerprint density at radius 1 is 1.48 bits per heavy atom. The Bertz CT molecular complexity index is 574. The first-order valence-corrected chi connectivity index (χ1v) is 7.63. The highest BCUT2D eigenvalue weighted by atomic mass is 16.5. The Morgan fingerprint density at radius 3 is 3.17 bits per heavy atom. The minimum absolute atomic E-state index is 0.203. The van der Waals surface area contributed by atoms with Gasteiger partial charge in [-0.15, -0.1) is 0 Å². The normalized spacial score (nSPS) is 13.7. The number of hydrogen-bond acceptors (Lipinski definition) is 7. The van der Waals surface area contributed by atoms with Crippen molar-refractivity contribution < 1.29 is 14.6 Å². The molecule has 1 aromatic rings. The van der Waals surface area contributed by atoms with E-state index >= 15 is 0 Å². The fourth-order valence-corrected chi connectivity index (χ4v) is 1.99. The summed E-state index contributed by atoms with van der Waals surface area (Å²) in [5, 5.41) is 15.7. The molecule has 0 radical (unpaired) electrons. The zero-order valence-corrected chi connectivity index (χ0v) is 12.9. The number of aliphatic carboxylic acids is 1. The summed E-state index contributed by atoms with van der Waals surface area (Å²) in [5.41, 5.74) is 3.44. The van der Waals surface area contributed by atoms with E-state index in [2.05, 4.69) is 25.8 Å². The lowest BCUT2D eigenvalue weighted by molar-refractivity contribution is -0.137. The standard InChI is InChI=1S/C15H21N5O3/c21-14(22)6-2-1-3-10-23-13-5-4-7-16-12(13)11-19-20-15-17-8-9-18-15/h4-5,7,11H,1-3,6,8-10H2,(H,21,22)(H2,17,18,20). The molecule has 2 rings (SSSR count). The summed E-state index contributed by atoms with van der Waals surface area (Å²) in [5.74, 6) is 0.543. The fourth-order valence-electron chi connectivity index (χ4n) is 1.99. The summed E-state index contributed by atoms with van der Waals surface area (Å²) < 4.78 is 5.69. The summed E-state index contributed by atoms with van der Waals surface area (Å²) >= 11 is 0. The van der Waals surface area contributed by atoms with E-state index in [-0.39, 0.29) is 6.42 Å². The Kier molecular flexibility index (Phi) is 6.83. The van der Waals surface area contributed by atoms with Crippen LogP contribution in [-0.4, -0.2) is 47.9 Å². The lowest BCUT2D eigenvalue weighted by Gasteiger charge is -2.08. The number of nitrogens with zero attached hydrogens (tertiary/aromatic N) is 3. The molecule has 23 heavy (non-hydrogen) atoms. The third kappa shape index (κ3) is 6.33. The van der Waals surface area contributed by atoms with Gasteiger partial charge in [-0.05, 0) is 31.4 Å². The van der Waals surface area contributed by atoms with Crippen molar-refractivity contribution in [3.05, 3.63) is 24.0 Å². The molecule has 124 valence electrons. The highest BCUT2D eigenvalue weighted by Crippen LogP contribution is 2.14. The zero-order chi connectivity index (χ0) is 16.3. The molecule has 1 aliphatic rings. The molecule has 0 aromatic carbocycles. The summed E-state index contributed by atoms with van der Waals surface area (Å²) in [6, 6.07) is 3.63. The van der Waals surface area contributed by atoms with Crippen LogP contribution in [0.5, 0.6) is 5.75 Å². The summed E-state index contributed by atoms with van der Waals surface area (Å²) in [6.45, 7) is 2.09. The molecule has 0 aliphatic carbocycles. The number of nitrogens with one attached hydrogen (secondary N) is 2. The number of carbonyl (C=O) groups is 1. The smallest absolute Gasteiger partial charge is 0.303 e. The van der Waals surface area contributed by atoms with Gasteiger partial charge in [-0.25, -0.2) is 10.4 Å². The zero-order valence-electron chi connectivity index (χ0n) is 12.9. The predicted octanol–water partition coefficient (Wildman–Crippen LogP) is 0.988. The Labute approximate surface area is 134 Å². The van der Waals surface area contributed by atoms with Crippen molar-refractivity contribution >= 4 is 18.1 Å². The van der Waals surface area contributed by atoms with Crippen LogP contribution in [0.1, 0.15) is 31.4 Å². The lowest BCUT2D eigenvalue weighted by atomic mass is 10.2. The van der Waals surface area contributed by atoms with Gasteiger partial charge in [-0.3, -0.25) is 9.78 Å². The van der Waals surface area contributed by atoms with Crippen molar-refractivity contribution in [2.45, 2.75) is 25.7 Å². The summed E-state index contributed by atoms with van der Waals surface area (Å²) in [7, 11) is 0. The molecule has 0 spiro atoms. The van der Waals surface area contributed by atoms with Gasteiger partial charge in [0.1, 0.15) is 11.4 Å². The minimum Gasteiger partial charge on any atom is -0.491 e. The topological polar surface area (TPSA) is 108 Å². The molecule has 0 saturated carbocycles. The van der Waals surface area contributed by atoms with Gasteiger partial charge < -0.3 is 15.2 Å². The molecule has 1 aliphatic heterocycles. The quantitative estimate of drug-likeness (QED) is 0.356. The largest absolute Gasteiger partial charge is 0.491 e. The third-order valence-corrected chi connectivity index (χ3v) is 3.12. The van der Waals surface area contributed by atoms with Crippen molar-refractivity contribution in [1.82, 2.24) is 15.7 Å². The number of hydrazone groups is 1. The number of guanidine groups is 1. The number of ether oxygens (including phenoxy) is 1. The molecule has 0 fully saturated rings. The third-order valence-electron chi connectivity index (χ3n) is 3.12. The number of carboxylic acid groups (broad SMARTS) is 1. The molecule has 3 N–H and O–H groups in total. The van der Waals surface area contributed by atoms with E-state index in [0.717, 1.165) is 25.9 Å². The van der Waals surface area contributed by atoms with Crippen molar-refractivity contribution in [2.24, 2.45) is 10.1 Å². The van der Waals surface area contributed by atoms with Gasteiger partial charge in [-0.2, -0.15) is 5.10 Å². The number of aliphatic imine (C=N–C) groups is 1. The van der Waals surface area contributed by atoms with Crippen molar-refractivity contribution in [2.75, 3.05) is 19.7 Å². The van der Waals surface area contributed by atoms with Crippen LogP contribution in [0.4, 0.5) is 0 Å². The number of hydrogen-bond donors (Lipinski definition) is 3. The van der Waals surface area contributed by atoms with E-state index in [1.165, 1.54) is 0 Å². The Balaban J connectivity index is 1.75. The maximum Gasteiger partial charge on any atom is 0.303 e. The second-order valence-corrected chi connectivity index (χ2v) is 4.97. The molecule has 0 atom stereocenters. The van der Waals surface area contributed by atoms with Gasteiger partial charge in [-0.1, -0.05) is 0 Å². The van der Waals surface area contributed by atoms with Crippen LogP contribution in [0.3, 0.4) is 0 Å². The second-order valence-electron chi connectivity index (χ2n) is 4.97. The SMILES string of the molecule is O=C(O)CCCCCOc1cccnc1C=NNC1=NCCN1. The van der Waals surface area contributed by atoms with Crippen LogP contribution in [0.25, 0.3) is 0 Å². The van der Waals surface area contributed by atoms with E-state index in [1.54, 1.807) is 18.5 Å². The molecule has 0 unspecified atom stereocenters. The van der Waals surface area contributed by atoms with Crippen molar-refractivity contribution in [1.29, 1.82) is 0 Å². The van der Waals surface area contributed by atoms with Gasteiger partial charge in [0.05, 0.1) is 19.4 Å². The molecule has 0 amide bonds. The number of carboxylic acids is 1. The number of rotatable bonds is 9. The Hall–Kier alpha value is -2.64. The average molecular weight is 319 g/mol. The Morgan fingerprint density at radius 2 is 2.39 bits per heavy atom. The van der Waals surface area contributed by atoms with Gasteiger partial charge in [0.15, 0.2) is 0 Å². The fraction of sp³-hybridized carbons (Fsp3) is 0.467. The molecular weight excluding hydrogens is 298 g/mol. The molecule has 2 heterocycles. The van der Waals surface area contributed by atoms with E-state index in [0.29, 0.717) is 30.4 Å². The van der Waals surface area contributed by atoms with Crippen LogP contribution in [0.15, 0.2) is 28.4 Å². The highest BCUT2D eigenvalue weighted by molar-refractivity contribution is 5.85. The molecular formula is C15H21N5O3. The maximum absolute atomic E-state index is 10.4. The summed E-state index contributed by atoms with van der Waals surface area (Å²) in [4.78, 5) is 18.8. The molecule has 0 bridgehead atoms. The monoisotopic (exact) mass is 319 g/mol. The summed E-state index contributed by atoms with van der Waals surface area (Å²) in [6.07, 6.45) is 5.75. The van der Waals surface area contributed by atoms with Crippen LogP contribution < -0.4 is 15.5 Å². The first kappa shape index (κ1) is 16.7. The van der Waals surface area contributed by atoms with E-state index in [1.807, 2.05) is 6.07 Å². The van der Waals surface area contributed by atoms with Crippen LogP contribution in [-0.2, 0) is 4.79 Å². The minimum atomic E-state index is -0.759. The predicted molar refractivity (Wildman–Crippen MR) is 86.9 cm³/mol. The second kappa shape index (κ2) is 9.39. The number of unbranched alkanes of at least 4 members (excludes halogenated alkanes) is 2. The van der Waals surface area contributed by atoms with Gasteiger partial charge in [0.2, 0.25) is 5.96 Å². The van der Waals surface area contributed by atoms with Crippen LogP contribution in [0.2, 0.25) is 0 Å². The van der Waals surface area contributed by atoms with Gasteiger partial charge in [0.25, 0.3) is 0 Å². The highest BCUT2D eigenvalue weighted by Gasteiger charge is 2.04. The number of aromatic nitrogens is 1. The van der Waals surface area contributed by atoms with Gasteiger partial charge in [0, 0.05) is 19.2 Å². The molecule has 0 saturated heterocycles. The first-order chi connectivity index (χ1) is 11.3. The van der Waals surface area contributed by atoms with E-state index in [9.17, 15) is 4.79 Å². The first-order valence-electron chi connectivity index (χ1n) is 7.63. The van der Waals surface area contributed by atoms with Crippen molar-refractivity contribution in [3.8, 4) is 5.75 Å². The maximum atomic E-state index is 10.4. The molecule has 8 heteroatoms. The van der Waals surface area contributed by atoms with Crippen LogP contribution in [0, 0.1) is 0 Å². The van der Waals surface area contributed by atoms with Gasteiger partial charge >= 0.3 is 5.97 Å². The van der Waals surface area contributed by atoms with Crippen molar-refractivity contribution in [3.63, 3.8) is 0 Å². The van der Waals surface area contributed by atoms with E-state index < -0.39 is 5.97 Å². The number of pyridine rings is 1. The molecule has 1 aromatic heterocycles. The lowest BCUT2D eigenvalue weighted by Crippen LogP contribution is -2.30. The van der Waals surface area contributed by atoms with E-state index in [4.69, 9.17) is 9.84 Å². The average Bonchev–Trinajstić information content (AvgIpc) is 3.05. The van der Waals surface area contributed by atoms with Crippen LogP contribution >= 0.6 is 0 Å². The molecule has 8 nitrogen and oxygen atoms in total.